The van der Waals surface area contributed by atoms with E-state index in [0.717, 1.165) is 6.07 Å². The maximum atomic E-state index is 11.6. The molecule has 7 nitrogen and oxygen atoms in total. The smallest absolute Gasteiger partial charge is 0.325 e. The van der Waals surface area contributed by atoms with Gasteiger partial charge in [-0.25, -0.2) is 0 Å². The summed E-state index contributed by atoms with van der Waals surface area (Å²) in [7, 11) is 1.17. The number of rotatable bonds is 4. The zero-order valence-electron chi connectivity index (χ0n) is 9.31. The van der Waals surface area contributed by atoms with E-state index in [9.17, 15) is 19.7 Å². The minimum atomic E-state index is -0.747. The number of benzene rings is 1. The molecule has 0 aliphatic rings. The number of nitro benzene ring substituents is 1. The predicted octanol–water partition coefficient (Wildman–Crippen LogP) is 1.15. The number of methoxy groups -OCH3 is 1. The number of amides is 1. The van der Waals surface area contributed by atoms with Gasteiger partial charge >= 0.3 is 5.97 Å². The molecule has 0 aromatic heterocycles. The van der Waals surface area contributed by atoms with Crippen LogP contribution in [0.25, 0.3) is 0 Å². The van der Waals surface area contributed by atoms with Crippen LogP contribution in [-0.2, 0) is 9.53 Å². The van der Waals surface area contributed by atoms with Crippen molar-refractivity contribution in [1.29, 1.82) is 0 Å². The minimum Gasteiger partial charge on any atom is -0.468 e. The summed E-state index contributed by atoms with van der Waals surface area (Å²) in [5.41, 5.74) is -0.599. The minimum absolute atomic E-state index is 0.145. The molecule has 1 aromatic carbocycles. The van der Waals surface area contributed by atoms with E-state index in [1.807, 2.05) is 0 Å². The predicted molar refractivity (Wildman–Crippen MR) is 62.5 cm³/mol. The van der Waals surface area contributed by atoms with E-state index in [-0.39, 0.29) is 17.1 Å². The molecular weight excluding hydrogens is 264 g/mol. The average molecular weight is 273 g/mol. The number of nitro groups is 1. The van der Waals surface area contributed by atoms with Crippen molar-refractivity contribution in [3.63, 3.8) is 0 Å². The topological polar surface area (TPSA) is 98.5 Å². The van der Waals surface area contributed by atoms with E-state index < -0.39 is 22.5 Å². The third-order valence-corrected chi connectivity index (χ3v) is 2.26. The fourth-order valence-corrected chi connectivity index (χ4v) is 1.33. The largest absolute Gasteiger partial charge is 0.468 e. The molecule has 0 aliphatic heterocycles. The van der Waals surface area contributed by atoms with Crippen molar-refractivity contribution in [3.8, 4) is 0 Å². The molecule has 1 aromatic rings. The van der Waals surface area contributed by atoms with Crippen LogP contribution in [0.1, 0.15) is 10.4 Å². The molecule has 0 fully saturated rings. The number of ether oxygens (including phenoxy) is 1. The van der Waals surface area contributed by atoms with Crippen LogP contribution in [0, 0.1) is 10.1 Å². The Balaban J connectivity index is 2.92. The van der Waals surface area contributed by atoms with E-state index in [0.29, 0.717) is 0 Å². The Morgan fingerprint density at radius 2 is 2.17 bits per heavy atom. The van der Waals surface area contributed by atoms with Gasteiger partial charge in [-0.05, 0) is 12.1 Å². The van der Waals surface area contributed by atoms with Gasteiger partial charge in [0.1, 0.15) is 12.1 Å². The molecule has 1 rings (SSSR count). The lowest BCUT2D eigenvalue weighted by Crippen LogP contribution is -2.30. The first kappa shape index (κ1) is 13.9. The third kappa shape index (κ3) is 3.42. The van der Waals surface area contributed by atoms with E-state index in [4.69, 9.17) is 11.6 Å². The summed E-state index contributed by atoms with van der Waals surface area (Å²) in [6, 6.07) is 3.63. The highest BCUT2D eigenvalue weighted by Gasteiger charge is 2.20. The monoisotopic (exact) mass is 272 g/mol. The molecule has 0 aliphatic carbocycles. The van der Waals surface area contributed by atoms with E-state index in [2.05, 4.69) is 10.1 Å². The highest BCUT2D eigenvalue weighted by molar-refractivity contribution is 6.31. The Morgan fingerprint density at radius 3 is 2.72 bits per heavy atom. The lowest BCUT2D eigenvalue weighted by atomic mass is 10.1. The SMILES string of the molecule is COC(=O)CNC(=O)c1ccc(Cl)cc1[N+](=O)[O-]. The van der Waals surface area contributed by atoms with E-state index >= 15 is 0 Å². The number of hydrogen-bond acceptors (Lipinski definition) is 5. The van der Waals surface area contributed by atoms with Gasteiger partial charge in [-0.15, -0.1) is 0 Å². The first-order valence-electron chi connectivity index (χ1n) is 4.74. The van der Waals surface area contributed by atoms with Crippen molar-refractivity contribution in [1.82, 2.24) is 5.32 Å². The maximum absolute atomic E-state index is 11.6. The number of nitrogens with zero attached hydrogens (tertiary/aromatic N) is 1. The summed E-state index contributed by atoms with van der Waals surface area (Å²) >= 11 is 5.61. The Morgan fingerprint density at radius 1 is 1.50 bits per heavy atom. The Kier molecular flexibility index (Phi) is 4.61. The molecule has 0 bridgehead atoms. The van der Waals surface area contributed by atoms with Crippen molar-refractivity contribution < 1.29 is 19.2 Å². The molecule has 18 heavy (non-hydrogen) atoms. The number of hydrogen-bond donors (Lipinski definition) is 1. The van der Waals surface area contributed by atoms with Crippen molar-refractivity contribution >= 4 is 29.2 Å². The molecule has 0 unspecified atom stereocenters. The summed E-state index contributed by atoms with van der Waals surface area (Å²) in [5.74, 6) is -1.40. The summed E-state index contributed by atoms with van der Waals surface area (Å²) in [6.45, 7) is -0.366. The molecule has 0 heterocycles. The lowest BCUT2D eigenvalue weighted by molar-refractivity contribution is -0.385. The molecule has 0 saturated heterocycles. The van der Waals surface area contributed by atoms with Crippen LogP contribution >= 0.6 is 11.6 Å². The van der Waals surface area contributed by atoms with Crippen LogP contribution in [0.2, 0.25) is 5.02 Å². The molecule has 1 N–H and O–H groups in total. The molecule has 0 saturated carbocycles. The molecule has 8 heteroatoms. The second-order valence-corrected chi connectivity index (χ2v) is 3.61. The van der Waals surface area contributed by atoms with Gasteiger partial charge in [-0.3, -0.25) is 19.7 Å². The Hall–Kier alpha value is -2.15. The van der Waals surface area contributed by atoms with Gasteiger partial charge in [0.05, 0.1) is 12.0 Å². The number of esters is 1. The molecule has 0 radical (unpaired) electrons. The van der Waals surface area contributed by atoms with Crippen LogP contribution in [0.5, 0.6) is 0 Å². The van der Waals surface area contributed by atoms with Crippen LogP contribution in [-0.4, -0.2) is 30.5 Å². The van der Waals surface area contributed by atoms with Gasteiger partial charge in [0.2, 0.25) is 0 Å². The zero-order chi connectivity index (χ0) is 13.7. The average Bonchev–Trinajstić information content (AvgIpc) is 2.35. The maximum Gasteiger partial charge on any atom is 0.325 e. The van der Waals surface area contributed by atoms with Crippen LogP contribution in [0.3, 0.4) is 0 Å². The van der Waals surface area contributed by atoms with Gasteiger partial charge < -0.3 is 10.1 Å². The summed E-state index contributed by atoms with van der Waals surface area (Å²) in [4.78, 5) is 32.5. The van der Waals surface area contributed by atoms with E-state index in [1.165, 1.54) is 19.2 Å². The van der Waals surface area contributed by atoms with Gasteiger partial charge in [0.15, 0.2) is 0 Å². The molecule has 96 valence electrons. The third-order valence-electron chi connectivity index (χ3n) is 2.02. The second-order valence-electron chi connectivity index (χ2n) is 3.18. The number of halogens is 1. The first-order valence-corrected chi connectivity index (χ1v) is 5.12. The summed E-state index contributed by atoms with van der Waals surface area (Å²) < 4.78 is 4.32. The number of carbonyl (C=O) groups excluding carboxylic acids is 2. The molecule has 0 atom stereocenters. The summed E-state index contributed by atoms with van der Waals surface area (Å²) in [6.07, 6.45) is 0. The van der Waals surface area contributed by atoms with Gasteiger partial charge in [0, 0.05) is 11.1 Å². The highest BCUT2D eigenvalue weighted by Crippen LogP contribution is 2.22. The van der Waals surface area contributed by atoms with Crippen LogP contribution in [0.4, 0.5) is 5.69 Å². The van der Waals surface area contributed by atoms with Gasteiger partial charge in [-0.2, -0.15) is 0 Å². The number of carbonyl (C=O) groups is 2. The fourth-order valence-electron chi connectivity index (χ4n) is 1.17. The summed E-state index contributed by atoms with van der Waals surface area (Å²) in [5, 5.41) is 13.1. The Labute approximate surface area is 107 Å². The Bertz CT molecular complexity index is 503. The van der Waals surface area contributed by atoms with Crippen molar-refractivity contribution in [2.75, 3.05) is 13.7 Å². The molecule has 0 spiro atoms. The van der Waals surface area contributed by atoms with E-state index in [1.54, 1.807) is 0 Å². The number of nitrogens with one attached hydrogen (secondary N) is 1. The van der Waals surface area contributed by atoms with Crippen LogP contribution in [0.15, 0.2) is 18.2 Å². The van der Waals surface area contributed by atoms with Crippen LogP contribution < -0.4 is 5.32 Å². The van der Waals surface area contributed by atoms with Gasteiger partial charge in [0.25, 0.3) is 11.6 Å². The van der Waals surface area contributed by atoms with Crippen molar-refractivity contribution in [3.05, 3.63) is 38.9 Å². The molecule has 1 amide bonds. The lowest BCUT2D eigenvalue weighted by Gasteiger charge is -2.04. The highest BCUT2D eigenvalue weighted by atomic mass is 35.5. The fraction of sp³-hybridized carbons (Fsp3) is 0.200. The standard InChI is InChI=1S/C10H9ClN2O5/c1-18-9(14)5-12-10(15)7-3-2-6(11)4-8(7)13(16)17/h2-4H,5H2,1H3,(H,12,15). The van der Waals surface area contributed by atoms with Crippen molar-refractivity contribution in [2.45, 2.75) is 0 Å². The second kappa shape index (κ2) is 5.97. The normalized spacial score (nSPS) is 9.67. The van der Waals surface area contributed by atoms with Crippen molar-refractivity contribution in [2.24, 2.45) is 0 Å². The van der Waals surface area contributed by atoms with Gasteiger partial charge in [-0.1, -0.05) is 11.6 Å². The molecular formula is C10H9ClN2O5. The zero-order valence-corrected chi connectivity index (χ0v) is 10.1. The first-order chi connectivity index (χ1) is 8.45. The quantitative estimate of drug-likeness (QED) is 0.503.